The number of nitrogens with one attached hydrogen (secondary N) is 1. The molecular formula is C18H17N3O3. The number of rotatable bonds is 5. The first-order valence-corrected chi connectivity index (χ1v) is 7.48. The van der Waals surface area contributed by atoms with Crippen LogP contribution in [0.4, 0.5) is 0 Å². The van der Waals surface area contributed by atoms with Crippen molar-refractivity contribution < 1.29 is 13.9 Å². The topological polar surface area (TPSA) is 77.2 Å². The predicted molar refractivity (Wildman–Crippen MR) is 88.6 cm³/mol. The number of carbonyl (C=O) groups excluding carboxylic acids is 1. The van der Waals surface area contributed by atoms with Gasteiger partial charge >= 0.3 is 11.8 Å². The monoisotopic (exact) mass is 323 g/mol. The third kappa shape index (κ3) is 3.43. The van der Waals surface area contributed by atoms with Crippen LogP contribution < -0.4 is 10.1 Å². The maximum Gasteiger partial charge on any atom is 0.309 e. The molecule has 0 saturated heterocycles. The fourth-order valence-corrected chi connectivity index (χ4v) is 2.23. The van der Waals surface area contributed by atoms with Crippen molar-refractivity contribution in [2.45, 2.75) is 13.5 Å². The van der Waals surface area contributed by atoms with E-state index in [0.29, 0.717) is 18.2 Å². The minimum Gasteiger partial charge on any atom is -0.496 e. The van der Waals surface area contributed by atoms with Gasteiger partial charge in [-0.2, -0.15) is 0 Å². The SMILES string of the molecule is COc1ccccc1CNC(=O)c1nnc(-c2ccc(C)cc2)o1. The summed E-state index contributed by atoms with van der Waals surface area (Å²) in [5, 5.41) is 10.5. The smallest absolute Gasteiger partial charge is 0.309 e. The lowest BCUT2D eigenvalue weighted by atomic mass is 10.1. The fourth-order valence-electron chi connectivity index (χ4n) is 2.23. The molecule has 1 amide bonds. The van der Waals surface area contributed by atoms with Gasteiger partial charge in [-0.05, 0) is 25.1 Å². The Morgan fingerprint density at radius 1 is 1.12 bits per heavy atom. The first kappa shape index (κ1) is 15.7. The minimum atomic E-state index is -0.424. The van der Waals surface area contributed by atoms with Crippen LogP contribution in [-0.4, -0.2) is 23.2 Å². The van der Waals surface area contributed by atoms with Crippen LogP contribution in [0.3, 0.4) is 0 Å². The van der Waals surface area contributed by atoms with Crippen LogP contribution in [0, 0.1) is 6.92 Å². The Hall–Kier alpha value is -3.15. The second-order valence-corrected chi connectivity index (χ2v) is 5.27. The van der Waals surface area contributed by atoms with E-state index in [-0.39, 0.29) is 5.89 Å². The van der Waals surface area contributed by atoms with Crippen molar-refractivity contribution in [1.82, 2.24) is 15.5 Å². The molecule has 6 nitrogen and oxygen atoms in total. The van der Waals surface area contributed by atoms with E-state index in [4.69, 9.17) is 9.15 Å². The lowest BCUT2D eigenvalue weighted by Gasteiger charge is -2.08. The molecule has 0 bridgehead atoms. The number of carbonyl (C=O) groups is 1. The van der Waals surface area contributed by atoms with Crippen LogP contribution in [0.5, 0.6) is 5.75 Å². The highest BCUT2D eigenvalue weighted by Crippen LogP contribution is 2.19. The molecule has 0 saturated carbocycles. The average Bonchev–Trinajstić information content (AvgIpc) is 3.10. The number of aromatic nitrogens is 2. The van der Waals surface area contributed by atoms with Crippen molar-refractivity contribution in [1.29, 1.82) is 0 Å². The molecule has 0 spiro atoms. The molecule has 1 heterocycles. The van der Waals surface area contributed by atoms with E-state index >= 15 is 0 Å². The van der Waals surface area contributed by atoms with Crippen molar-refractivity contribution in [2.24, 2.45) is 0 Å². The van der Waals surface area contributed by atoms with E-state index in [1.54, 1.807) is 7.11 Å². The number of aryl methyl sites for hydroxylation is 1. The van der Waals surface area contributed by atoms with Gasteiger partial charge in [-0.1, -0.05) is 35.9 Å². The maximum absolute atomic E-state index is 12.2. The molecule has 3 aromatic rings. The van der Waals surface area contributed by atoms with Crippen molar-refractivity contribution in [3.63, 3.8) is 0 Å². The van der Waals surface area contributed by atoms with Crippen LogP contribution in [0.15, 0.2) is 52.9 Å². The van der Waals surface area contributed by atoms with Gasteiger partial charge in [-0.3, -0.25) is 4.79 Å². The van der Waals surface area contributed by atoms with Gasteiger partial charge in [-0.15, -0.1) is 10.2 Å². The lowest BCUT2D eigenvalue weighted by Crippen LogP contribution is -2.23. The molecule has 0 atom stereocenters. The molecule has 1 aromatic heterocycles. The molecule has 122 valence electrons. The zero-order valence-electron chi connectivity index (χ0n) is 13.4. The fraction of sp³-hybridized carbons (Fsp3) is 0.167. The van der Waals surface area contributed by atoms with E-state index in [2.05, 4.69) is 15.5 Å². The largest absolute Gasteiger partial charge is 0.496 e. The molecule has 3 rings (SSSR count). The number of hydrogen-bond donors (Lipinski definition) is 1. The normalized spacial score (nSPS) is 10.4. The van der Waals surface area contributed by atoms with Gasteiger partial charge in [0.2, 0.25) is 5.89 Å². The molecule has 1 N–H and O–H groups in total. The zero-order chi connectivity index (χ0) is 16.9. The number of para-hydroxylation sites is 1. The van der Waals surface area contributed by atoms with Gasteiger partial charge in [0.05, 0.1) is 7.11 Å². The standard InChI is InChI=1S/C18H17N3O3/c1-12-7-9-13(10-8-12)17-20-21-18(24-17)16(22)19-11-14-5-3-4-6-15(14)23-2/h3-10H,11H2,1-2H3,(H,19,22). The second-order valence-electron chi connectivity index (χ2n) is 5.27. The Bertz CT molecular complexity index is 841. The second kappa shape index (κ2) is 6.95. The highest BCUT2D eigenvalue weighted by molar-refractivity contribution is 5.89. The summed E-state index contributed by atoms with van der Waals surface area (Å²) in [5.41, 5.74) is 2.77. The Balaban J connectivity index is 1.69. The van der Waals surface area contributed by atoms with Gasteiger partial charge in [0.25, 0.3) is 0 Å². The summed E-state index contributed by atoms with van der Waals surface area (Å²) in [4.78, 5) is 12.2. The lowest BCUT2D eigenvalue weighted by molar-refractivity contribution is 0.0916. The summed E-state index contributed by atoms with van der Waals surface area (Å²) in [6.07, 6.45) is 0. The number of methoxy groups -OCH3 is 1. The van der Waals surface area contributed by atoms with E-state index < -0.39 is 5.91 Å². The van der Waals surface area contributed by atoms with Crippen LogP contribution >= 0.6 is 0 Å². The quantitative estimate of drug-likeness (QED) is 0.781. The number of benzene rings is 2. The molecule has 24 heavy (non-hydrogen) atoms. The number of amides is 1. The Morgan fingerprint density at radius 2 is 1.88 bits per heavy atom. The predicted octanol–water partition coefficient (Wildman–Crippen LogP) is 2.98. The van der Waals surface area contributed by atoms with Crippen LogP contribution in [0.1, 0.15) is 21.8 Å². The molecule has 0 fully saturated rings. The average molecular weight is 323 g/mol. The summed E-state index contributed by atoms with van der Waals surface area (Å²) < 4.78 is 10.7. The summed E-state index contributed by atoms with van der Waals surface area (Å²) >= 11 is 0. The Morgan fingerprint density at radius 3 is 2.62 bits per heavy atom. The van der Waals surface area contributed by atoms with Crippen LogP contribution in [0.25, 0.3) is 11.5 Å². The van der Waals surface area contributed by atoms with E-state index in [9.17, 15) is 4.79 Å². The summed E-state index contributed by atoms with van der Waals surface area (Å²) in [5.74, 6) is 0.536. The molecule has 0 aliphatic heterocycles. The first-order chi connectivity index (χ1) is 11.7. The van der Waals surface area contributed by atoms with Gasteiger partial charge in [0, 0.05) is 17.7 Å². The highest BCUT2D eigenvalue weighted by atomic mass is 16.5. The molecular weight excluding hydrogens is 306 g/mol. The highest BCUT2D eigenvalue weighted by Gasteiger charge is 2.16. The third-order valence-electron chi connectivity index (χ3n) is 3.55. The first-order valence-electron chi connectivity index (χ1n) is 7.48. The van der Waals surface area contributed by atoms with Crippen molar-refractivity contribution in [3.8, 4) is 17.2 Å². The summed E-state index contributed by atoms with van der Waals surface area (Å²) in [7, 11) is 1.59. The summed E-state index contributed by atoms with van der Waals surface area (Å²) in [6, 6.07) is 15.1. The molecule has 0 aliphatic rings. The number of nitrogens with zero attached hydrogens (tertiary/aromatic N) is 2. The number of ether oxygens (including phenoxy) is 1. The van der Waals surface area contributed by atoms with Crippen molar-refractivity contribution in [3.05, 3.63) is 65.5 Å². The molecule has 0 aliphatic carbocycles. The van der Waals surface area contributed by atoms with Crippen molar-refractivity contribution in [2.75, 3.05) is 7.11 Å². The van der Waals surface area contributed by atoms with E-state index in [0.717, 1.165) is 16.7 Å². The Labute approximate surface area is 139 Å². The minimum absolute atomic E-state index is 0.0690. The molecule has 0 radical (unpaired) electrons. The summed E-state index contributed by atoms with van der Waals surface area (Å²) in [6.45, 7) is 2.30. The van der Waals surface area contributed by atoms with E-state index in [1.165, 1.54) is 0 Å². The van der Waals surface area contributed by atoms with Crippen LogP contribution in [0.2, 0.25) is 0 Å². The van der Waals surface area contributed by atoms with Gasteiger partial charge in [0.15, 0.2) is 0 Å². The van der Waals surface area contributed by atoms with Gasteiger partial charge in [-0.25, -0.2) is 0 Å². The maximum atomic E-state index is 12.2. The van der Waals surface area contributed by atoms with E-state index in [1.807, 2.05) is 55.5 Å². The van der Waals surface area contributed by atoms with Crippen molar-refractivity contribution >= 4 is 5.91 Å². The number of hydrogen-bond acceptors (Lipinski definition) is 5. The third-order valence-corrected chi connectivity index (χ3v) is 3.55. The molecule has 0 unspecified atom stereocenters. The molecule has 2 aromatic carbocycles. The van der Waals surface area contributed by atoms with Crippen LogP contribution in [-0.2, 0) is 6.54 Å². The molecule has 6 heteroatoms. The van der Waals surface area contributed by atoms with Gasteiger partial charge in [0.1, 0.15) is 5.75 Å². The Kier molecular flexibility index (Phi) is 4.56. The van der Waals surface area contributed by atoms with Gasteiger partial charge < -0.3 is 14.5 Å². The zero-order valence-corrected chi connectivity index (χ0v) is 13.4.